The third-order valence-corrected chi connectivity index (χ3v) is 4.66. The molecule has 0 saturated carbocycles. The molecule has 2 aromatic heterocycles. The van der Waals surface area contributed by atoms with Crippen LogP contribution in [-0.4, -0.2) is 36.1 Å². The van der Waals surface area contributed by atoms with Crippen molar-refractivity contribution in [3.8, 4) is 10.8 Å². The van der Waals surface area contributed by atoms with Crippen molar-refractivity contribution in [1.82, 2.24) is 9.88 Å². The molecule has 1 unspecified atom stereocenters. The minimum absolute atomic E-state index is 0.0148. The lowest BCUT2D eigenvalue weighted by atomic mass is 10.1. The van der Waals surface area contributed by atoms with Crippen LogP contribution < -0.4 is 0 Å². The summed E-state index contributed by atoms with van der Waals surface area (Å²) in [6, 6.07) is 3.99. The second kappa shape index (κ2) is 5.99. The number of thiophene rings is 1. The number of aromatic nitrogens is 1. The SMILES string of the molecule is COC(=O)C1CCN(Cc2nc(-c3cccs3)oc2C)C1. The molecule has 1 fully saturated rings. The fourth-order valence-corrected chi connectivity index (χ4v) is 3.28. The van der Waals surface area contributed by atoms with E-state index in [9.17, 15) is 4.79 Å². The van der Waals surface area contributed by atoms with Crippen LogP contribution in [0.25, 0.3) is 10.8 Å². The fourth-order valence-electron chi connectivity index (χ4n) is 2.63. The van der Waals surface area contributed by atoms with Crippen LogP contribution >= 0.6 is 11.3 Å². The normalized spacial score (nSPS) is 19.0. The Labute approximate surface area is 127 Å². The number of hydrogen-bond acceptors (Lipinski definition) is 6. The van der Waals surface area contributed by atoms with E-state index in [0.29, 0.717) is 12.4 Å². The van der Waals surface area contributed by atoms with Crippen LogP contribution in [0.2, 0.25) is 0 Å². The quantitative estimate of drug-likeness (QED) is 0.813. The van der Waals surface area contributed by atoms with Gasteiger partial charge in [0, 0.05) is 13.1 Å². The van der Waals surface area contributed by atoms with Crippen molar-refractivity contribution in [2.24, 2.45) is 5.92 Å². The lowest BCUT2D eigenvalue weighted by Crippen LogP contribution is -2.24. The average molecular weight is 306 g/mol. The minimum Gasteiger partial charge on any atom is -0.469 e. The lowest BCUT2D eigenvalue weighted by Gasteiger charge is -2.13. The van der Waals surface area contributed by atoms with Gasteiger partial charge in [0.15, 0.2) is 0 Å². The van der Waals surface area contributed by atoms with Crippen molar-refractivity contribution in [3.05, 3.63) is 29.0 Å². The number of carbonyl (C=O) groups is 1. The Hall–Kier alpha value is -1.66. The van der Waals surface area contributed by atoms with Crippen LogP contribution in [0.4, 0.5) is 0 Å². The Kier molecular flexibility index (Phi) is 4.07. The number of likely N-dealkylation sites (tertiary alicyclic amines) is 1. The first-order valence-electron chi connectivity index (χ1n) is 6.97. The Balaban J connectivity index is 1.68. The number of ether oxygens (including phenoxy) is 1. The monoisotopic (exact) mass is 306 g/mol. The highest BCUT2D eigenvalue weighted by molar-refractivity contribution is 7.13. The van der Waals surface area contributed by atoms with Crippen molar-refractivity contribution in [1.29, 1.82) is 0 Å². The summed E-state index contributed by atoms with van der Waals surface area (Å²) in [6.07, 6.45) is 0.849. The molecule has 0 spiro atoms. The molecule has 21 heavy (non-hydrogen) atoms. The predicted molar refractivity (Wildman–Crippen MR) is 80.0 cm³/mol. The van der Waals surface area contributed by atoms with E-state index >= 15 is 0 Å². The van der Waals surface area contributed by atoms with Crippen molar-refractivity contribution >= 4 is 17.3 Å². The molecule has 1 saturated heterocycles. The maximum absolute atomic E-state index is 11.6. The highest BCUT2D eigenvalue weighted by Gasteiger charge is 2.29. The van der Waals surface area contributed by atoms with Crippen LogP contribution in [-0.2, 0) is 16.1 Å². The number of aryl methyl sites for hydroxylation is 1. The van der Waals surface area contributed by atoms with Gasteiger partial charge in [0.2, 0.25) is 5.89 Å². The number of rotatable bonds is 4. The zero-order valence-corrected chi connectivity index (χ0v) is 13.0. The van der Waals surface area contributed by atoms with Gasteiger partial charge in [-0.05, 0) is 31.3 Å². The Morgan fingerprint density at radius 3 is 3.19 bits per heavy atom. The van der Waals surface area contributed by atoms with Gasteiger partial charge in [-0.25, -0.2) is 4.98 Å². The number of carbonyl (C=O) groups excluding carboxylic acids is 1. The van der Waals surface area contributed by atoms with E-state index in [1.165, 1.54) is 7.11 Å². The largest absolute Gasteiger partial charge is 0.469 e. The molecule has 0 aliphatic carbocycles. The number of oxazole rings is 1. The van der Waals surface area contributed by atoms with Crippen LogP contribution in [0.1, 0.15) is 17.9 Å². The standard InChI is InChI=1S/C15H18N2O3S/c1-10-12(16-14(20-10)13-4-3-7-21-13)9-17-6-5-11(8-17)15(18)19-2/h3-4,7,11H,5-6,8-9H2,1-2H3. The van der Waals surface area contributed by atoms with E-state index in [0.717, 1.165) is 35.8 Å². The summed E-state index contributed by atoms with van der Waals surface area (Å²) in [5.74, 6) is 1.40. The van der Waals surface area contributed by atoms with Gasteiger partial charge >= 0.3 is 5.97 Å². The number of hydrogen-bond donors (Lipinski definition) is 0. The molecule has 3 heterocycles. The molecule has 0 amide bonds. The van der Waals surface area contributed by atoms with Gasteiger partial charge in [-0.1, -0.05) is 6.07 Å². The molecular formula is C15H18N2O3S. The van der Waals surface area contributed by atoms with E-state index in [-0.39, 0.29) is 11.9 Å². The van der Waals surface area contributed by atoms with E-state index in [1.807, 2.05) is 24.4 Å². The molecule has 0 aromatic carbocycles. The van der Waals surface area contributed by atoms with Gasteiger partial charge < -0.3 is 9.15 Å². The van der Waals surface area contributed by atoms with E-state index in [2.05, 4.69) is 9.88 Å². The van der Waals surface area contributed by atoms with Gasteiger partial charge in [-0.3, -0.25) is 9.69 Å². The topological polar surface area (TPSA) is 55.6 Å². The first-order valence-corrected chi connectivity index (χ1v) is 7.85. The minimum atomic E-state index is -0.117. The second-order valence-corrected chi connectivity index (χ2v) is 6.19. The first-order chi connectivity index (χ1) is 10.2. The van der Waals surface area contributed by atoms with Crippen molar-refractivity contribution in [2.45, 2.75) is 19.9 Å². The second-order valence-electron chi connectivity index (χ2n) is 5.24. The third kappa shape index (κ3) is 3.01. The molecule has 1 aliphatic heterocycles. The maximum Gasteiger partial charge on any atom is 0.310 e. The average Bonchev–Trinajstić information content (AvgIpc) is 3.20. The van der Waals surface area contributed by atoms with Crippen LogP contribution in [0.15, 0.2) is 21.9 Å². The van der Waals surface area contributed by atoms with Crippen molar-refractivity contribution in [2.75, 3.05) is 20.2 Å². The third-order valence-electron chi connectivity index (χ3n) is 3.80. The molecule has 0 bridgehead atoms. The van der Waals surface area contributed by atoms with E-state index < -0.39 is 0 Å². The molecule has 6 heteroatoms. The highest BCUT2D eigenvalue weighted by Crippen LogP contribution is 2.27. The van der Waals surface area contributed by atoms with Crippen LogP contribution in [0.3, 0.4) is 0 Å². The molecule has 1 atom stereocenters. The van der Waals surface area contributed by atoms with Gasteiger partial charge in [0.25, 0.3) is 0 Å². The van der Waals surface area contributed by atoms with E-state index in [4.69, 9.17) is 9.15 Å². The number of methoxy groups -OCH3 is 1. The number of esters is 1. The van der Waals surface area contributed by atoms with Gasteiger partial charge in [0.1, 0.15) is 5.76 Å². The highest BCUT2D eigenvalue weighted by atomic mass is 32.1. The first kappa shape index (κ1) is 14.3. The predicted octanol–water partition coefficient (Wildman–Crippen LogP) is 2.71. The summed E-state index contributed by atoms with van der Waals surface area (Å²) >= 11 is 1.62. The summed E-state index contributed by atoms with van der Waals surface area (Å²) < 4.78 is 10.6. The van der Waals surface area contributed by atoms with Crippen LogP contribution in [0, 0.1) is 12.8 Å². The maximum atomic E-state index is 11.6. The molecule has 0 radical (unpaired) electrons. The van der Waals surface area contributed by atoms with Crippen molar-refractivity contribution in [3.63, 3.8) is 0 Å². The summed E-state index contributed by atoms with van der Waals surface area (Å²) in [4.78, 5) is 19.4. The van der Waals surface area contributed by atoms with Crippen molar-refractivity contribution < 1.29 is 13.9 Å². The Bertz CT molecular complexity index is 621. The van der Waals surface area contributed by atoms with Gasteiger partial charge in [-0.15, -0.1) is 11.3 Å². The number of nitrogens with zero attached hydrogens (tertiary/aromatic N) is 2. The van der Waals surface area contributed by atoms with E-state index in [1.54, 1.807) is 11.3 Å². The summed E-state index contributed by atoms with van der Waals surface area (Å²) in [7, 11) is 1.44. The van der Waals surface area contributed by atoms with Crippen LogP contribution in [0.5, 0.6) is 0 Å². The molecule has 2 aromatic rings. The molecule has 5 nitrogen and oxygen atoms in total. The molecule has 0 N–H and O–H groups in total. The summed E-state index contributed by atoms with van der Waals surface area (Å²) in [5.41, 5.74) is 0.948. The van der Waals surface area contributed by atoms with Gasteiger partial charge in [-0.2, -0.15) is 0 Å². The fraction of sp³-hybridized carbons (Fsp3) is 0.467. The molecular weight excluding hydrogens is 288 g/mol. The molecule has 1 aliphatic rings. The Morgan fingerprint density at radius 2 is 2.48 bits per heavy atom. The molecule has 112 valence electrons. The van der Waals surface area contributed by atoms with Gasteiger partial charge in [0.05, 0.1) is 23.6 Å². The Morgan fingerprint density at radius 1 is 1.62 bits per heavy atom. The zero-order valence-electron chi connectivity index (χ0n) is 12.2. The summed E-state index contributed by atoms with van der Waals surface area (Å²) in [6.45, 7) is 4.27. The summed E-state index contributed by atoms with van der Waals surface area (Å²) in [5, 5.41) is 2.01. The molecule has 3 rings (SSSR count). The lowest BCUT2D eigenvalue weighted by molar-refractivity contribution is -0.144. The smallest absolute Gasteiger partial charge is 0.310 e. The zero-order chi connectivity index (χ0) is 14.8.